The van der Waals surface area contributed by atoms with E-state index >= 15 is 0 Å². The summed E-state index contributed by atoms with van der Waals surface area (Å²) >= 11 is 13.1. The largest absolute Gasteiger partial charge is 0.367 e. The lowest BCUT2D eigenvalue weighted by Crippen LogP contribution is -2.38. The maximum absolute atomic E-state index is 11.4. The highest BCUT2D eigenvalue weighted by Gasteiger charge is 2.25. The van der Waals surface area contributed by atoms with Crippen molar-refractivity contribution in [1.29, 1.82) is 0 Å². The molecular formula is C9H11Cl2N3O2S2. The van der Waals surface area contributed by atoms with E-state index in [0.717, 1.165) is 10.6 Å². The van der Waals surface area contributed by atoms with Gasteiger partial charge in [0.15, 0.2) is 0 Å². The monoisotopic (exact) mass is 327 g/mol. The summed E-state index contributed by atoms with van der Waals surface area (Å²) in [6, 6.07) is 3.02. The molecule has 0 fully saturated rings. The van der Waals surface area contributed by atoms with Crippen LogP contribution in [0.4, 0.5) is 5.69 Å². The molecule has 0 saturated heterocycles. The highest BCUT2D eigenvalue weighted by atomic mass is 35.5. The van der Waals surface area contributed by atoms with Crippen LogP contribution in [-0.2, 0) is 10.0 Å². The fraction of sp³-hybridized carbons (Fsp3) is 0.333. The van der Waals surface area contributed by atoms with Gasteiger partial charge in [-0.1, -0.05) is 11.6 Å². The molecule has 2 rings (SSSR count). The van der Waals surface area contributed by atoms with Gasteiger partial charge in [0.25, 0.3) is 0 Å². The summed E-state index contributed by atoms with van der Waals surface area (Å²) < 4.78 is 24.6. The van der Waals surface area contributed by atoms with Crippen molar-refractivity contribution in [2.45, 2.75) is 16.0 Å². The molecule has 0 amide bonds. The van der Waals surface area contributed by atoms with Crippen LogP contribution in [0.15, 0.2) is 21.9 Å². The smallest absolute Gasteiger partial charge is 0.239 e. The molecule has 0 saturated carbocycles. The van der Waals surface area contributed by atoms with E-state index < -0.39 is 10.0 Å². The van der Waals surface area contributed by atoms with Crippen LogP contribution in [0.25, 0.3) is 0 Å². The molecule has 100 valence electrons. The number of halogens is 2. The first-order valence-corrected chi connectivity index (χ1v) is 8.16. The van der Waals surface area contributed by atoms with Crippen LogP contribution < -0.4 is 10.5 Å². The van der Waals surface area contributed by atoms with Gasteiger partial charge in [0.2, 0.25) is 10.0 Å². The van der Waals surface area contributed by atoms with E-state index in [1.807, 2.05) is 11.4 Å². The minimum Gasteiger partial charge on any atom is -0.367 e. The zero-order chi connectivity index (χ0) is 13.5. The van der Waals surface area contributed by atoms with Crippen LogP contribution in [0.2, 0.25) is 5.02 Å². The predicted octanol–water partition coefficient (Wildman–Crippen LogP) is 1.92. The highest BCUT2D eigenvalue weighted by Crippen LogP contribution is 2.40. The van der Waals surface area contributed by atoms with Crippen LogP contribution in [0, 0.1) is 0 Å². The summed E-state index contributed by atoms with van der Waals surface area (Å²) in [5.74, 6) is 0.400. The molecular weight excluding hydrogens is 317 g/mol. The van der Waals surface area contributed by atoms with Crippen molar-refractivity contribution < 1.29 is 8.42 Å². The first-order chi connectivity index (χ1) is 8.32. The zero-order valence-electron chi connectivity index (χ0n) is 9.35. The number of hydrogen-bond acceptors (Lipinski definition) is 5. The number of fused-ring (bicyclic) bond motifs is 1. The molecule has 1 atom stereocenters. The third-order valence-electron chi connectivity index (χ3n) is 2.49. The molecule has 9 heteroatoms. The van der Waals surface area contributed by atoms with E-state index in [0.29, 0.717) is 5.88 Å². The summed E-state index contributed by atoms with van der Waals surface area (Å²) in [7, 11) is -1.96. The van der Waals surface area contributed by atoms with Gasteiger partial charge in [-0.25, -0.2) is 17.9 Å². The molecule has 1 aromatic carbocycles. The molecule has 1 aromatic rings. The van der Waals surface area contributed by atoms with Crippen molar-refractivity contribution in [3.05, 3.63) is 17.2 Å². The SMILES string of the molecule is CN1Sc2cc(S(N)(=O)=O)c(Cl)cc2NC1CCl. The van der Waals surface area contributed by atoms with Gasteiger partial charge in [0.05, 0.1) is 16.6 Å². The molecule has 1 aliphatic heterocycles. The Balaban J connectivity index is 2.49. The lowest BCUT2D eigenvalue weighted by Gasteiger charge is -2.33. The van der Waals surface area contributed by atoms with Crippen molar-refractivity contribution in [3.8, 4) is 0 Å². The van der Waals surface area contributed by atoms with E-state index in [9.17, 15) is 8.42 Å². The van der Waals surface area contributed by atoms with Crippen molar-refractivity contribution >= 4 is 50.9 Å². The Morgan fingerprint density at radius 3 is 2.78 bits per heavy atom. The fourth-order valence-electron chi connectivity index (χ4n) is 1.57. The normalized spacial score (nSPS) is 20.3. The number of alkyl halides is 1. The van der Waals surface area contributed by atoms with Gasteiger partial charge in [-0.2, -0.15) is 0 Å². The number of anilines is 1. The van der Waals surface area contributed by atoms with Gasteiger partial charge in [0.1, 0.15) is 11.1 Å². The van der Waals surface area contributed by atoms with Crippen LogP contribution >= 0.6 is 35.1 Å². The Morgan fingerprint density at radius 1 is 1.56 bits per heavy atom. The van der Waals surface area contributed by atoms with Crippen molar-refractivity contribution in [2.24, 2.45) is 5.14 Å². The third-order valence-corrected chi connectivity index (χ3v) is 5.23. The summed E-state index contributed by atoms with van der Waals surface area (Å²) in [5.41, 5.74) is 0.751. The van der Waals surface area contributed by atoms with Gasteiger partial charge in [-0.05, 0) is 24.1 Å². The van der Waals surface area contributed by atoms with E-state index in [2.05, 4.69) is 5.32 Å². The number of benzene rings is 1. The molecule has 0 spiro atoms. The van der Waals surface area contributed by atoms with Crippen LogP contribution in [0.3, 0.4) is 0 Å². The second kappa shape index (κ2) is 5.07. The number of nitrogens with one attached hydrogen (secondary N) is 1. The maximum atomic E-state index is 11.4. The standard InChI is InChI=1S/C9H11Cl2N3O2S2/c1-14-9(4-10)13-6-2-5(11)8(18(12,15)16)3-7(6)17-14/h2-3,9,13H,4H2,1H3,(H2,12,15,16). The molecule has 0 aliphatic carbocycles. The van der Waals surface area contributed by atoms with Crippen molar-refractivity contribution in [1.82, 2.24) is 4.31 Å². The van der Waals surface area contributed by atoms with Crippen molar-refractivity contribution in [2.75, 3.05) is 18.2 Å². The number of sulfonamides is 1. The van der Waals surface area contributed by atoms with E-state index in [4.69, 9.17) is 28.3 Å². The summed E-state index contributed by atoms with van der Waals surface area (Å²) in [6.45, 7) is 0. The highest BCUT2D eigenvalue weighted by molar-refractivity contribution is 7.97. The number of nitrogens with zero attached hydrogens (tertiary/aromatic N) is 1. The second-order valence-corrected chi connectivity index (χ2v) is 7.22. The summed E-state index contributed by atoms with van der Waals surface area (Å²) in [6.07, 6.45) is -0.0411. The molecule has 18 heavy (non-hydrogen) atoms. The quantitative estimate of drug-likeness (QED) is 0.641. The molecule has 1 aliphatic rings. The number of hydrogen-bond donors (Lipinski definition) is 2. The van der Waals surface area contributed by atoms with E-state index in [1.165, 1.54) is 18.0 Å². The topological polar surface area (TPSA) is 75.4 Å². The summed E-state index contributed by atoms with van der Waals surface area (Å²) in [5, 5.41) is 8.37. The van der Waals surface area contributed by atoms with Gasteiger partial charge >= 0.3 is 0 Å². The Morgan fingerprint density at radius 2 is 2.22 bits per heavy atom. The van der Waals surface area contributed by atoms with Crippen LogP contribution in [-0.4, -0.2) is 31.8 Å². The molecule has 0 bridgehead atoms. The Bertz CT molecular complexity index is 579. The molecule has 5 nitrogen and oxygen atoms in total. The minimum absolute atomic E-state index is 0.0411. The second-order valence-electron chi connectivity index (χ2n) is 3.78. The average molecular weight is 328 g/mol. The van der Waals surface area contributed by atoms with E-state index in [-0.39, 0.29) is 16.1 Å². The maximum Gasteiger partial charge on any atom is 0.239 e. The molecule has 1 unspecified atom stereocenters. The lowest BCUT2D eigenvalue weighted by molar-refractivity contribution is 0.476. The minimum atomic E-state index is -3.82. The zero-order valence-corrected chi connectivity index (χ0v) is 12.5. The van der Waals surface area contributed by atoms with Crippen molar-refractivity contribution in [3.63, 3.8) is 0 Å². The first-order valence-electron chi connectivity index (χ1n) is 4.92. The molecule has 0 radical (unpaired) electrons. The van der Waals surface area contributed by atoms with Gasteiger partial charge < -0.3 is 5.32 Å². The van der Waals surface area contributed by atoms with E-state index in [1.54, 1.807) is 6.07 Å². The average Bonchev–Trinajstić information content (AvgIpc) is 2.26. The predicted molar refractivity (Wildman–Crippen MR) is 74.6 cm³/mol. The Hall–Kier alpha value is -0.180. The van der Waals surface area contributed by atoms with Gasteiger partial charge in [-0.3, -0.25) is 0 Å². The molecule has 3 N–H and O–H groups in total. The van der Waals surface area contributed by atoms with Crippen LogP contribution in [0.5, 0.6) is 0 Å². The Labute approximate surface area is 120 Å². The molecule has 0 aromatic heterocycles. The van der Waals surface area contributed by atoms with Gasteiger partial charge in [-0.15, -0.1) is 11.6 Å². The number of nitrogens with two attached hydrogens (primary N) is 1. The third kappa shape index (κ3) is 2.71. The fourth-order valence-corrected chi connectivity index (χ4v) is 4.06. The molecule has 1 heterocycles. The Kier molecular flexibility index (Phi) is 4.01. The number of primary sulfonamides is 1. The summed E-state index contributed by atoms with van der Waals surface area (Å²) in [4.78, 5) is 0.669. The number of rotatable bonds is 2. The van der Waals surface area contributed by atoms with Gasteiger partial charge in [0, 0.05) is 11.9 Å². The lowest BCUT2D eigenvalue weighted by atomic mass is 10.3. The van der Waals surface area contributed by atoms with Crippen LogP contribution in [0.1, 0.15) is 0 Å². The first kappa shape index (κ1) is 14.2.